The largest absolute Gasteiger partial charge is 0.460 e. The van der Waals surface area contributed by atoms with E-state index in [9.17, 15) is 18.0 Å². The van der Waals surface area contributed by atoms with Crippen LogP contribution < -0.4 is 5.32 Å². The molecule has 1 atom stereocenters. The number of ether oxygens (including phenoxy) is 2. The Morgan fingerprint density at radius 1 is 1.04 bits per heavy atom. The third-order valence-electron chi connectivity index (χ3n) is 2.34. The van der Waals surface area contributed by atoms with Crippen LogP contribution in [0.4, 0.5) is 4.79 Å². The van der Waals surface area contributed by atoms with Crippen LogP contribution in [0.1, 0.15) is 54.4 Å². The van der Waals surface area contributed by atoms with Gasteiger partial charge in [0, 0.05) is 18.1 Å². The maximum atomic E-state index is 11.8. The third-order valence-corrected chi connectivity index (χ3v) is 2.99. The summed E-state index contributed by atoms with van der Waals surface area (Å²) in [6.07, 6.45) is 1.91. The smallest absolute Gasteiger partial charge is 0.408 e. The van der Waals surface area contributed by atoms with Crippen molar-refractivity contribution in [3.8, 4) is 0 Å². The zero-order valence-corrected chi connectivity index (χ0v) is 16.3. The zero-order valence-electron chi connectivity index (χ0n) is 15.5. The third kappa shape index (κ3) is 14.0. The van der Waals surface area contributed by atoms with E-state index >= 15 is 0 Å². The van der Waals surface area contributed by atoms with Gasteiger partial charge in [-0.15, -0.1) is 0 Å². The molecule has 0 rings (SSSR count). The lowest BCUT2D eigenvalue weighted by Crippen LogP contribution is -2.38. The van der Waals surface area contributed by atoms with Crippen LogP contribution in [0.3, 0.4) is 0 Å². The van der Waals surface area contributed by atoms with Crippen molar-refractivity contribution in [2.75, 3.05) is 6.26 Å². The lowest BCUT2D eigenvalue weighted by atomic mass is 10.1. The quantitative estimate of drug-likeness (QED) is 0.728. The van der Waals surface area contributed by atoms with Crippen molar-refractivity contribution in [3.63, 3.8) is 0 Å². The van der Waals surface area contributed by atoms with Gasteiger partial charge in [-0.25, -0.2) is 13.2 Å². The van der Waals surface area contributed by atoms with Gasteiger partial charge >= 0.3 is 12.1 Å². The average molecular weight is 363 g/mol. The molecule has 0 aliphatic carbocycles. The molecule has 0 aliphatic rings. The van der Waals surface area contributed by atoms with E-state index in [-0.39, 0.29) is 12.8 Å². The number of alkyl carbamates (subject to hydrolysis) is 1. The summed E-state index contributed by atoms with van der Waals surface area (Å²) in [4.78, 5) is 23.6. The molecule has 0 radical (unpaired) electrons. The molecular formula is C16H29NO6S. The van der Waals surface area contributed by atoms with Crippen molar-refractivity contribution in [3.05, 3.63) is 11.5 Å². The minimum atomic E-state index is -3.35. The van der Waals surface area contributed by atoms with Gasteiger partial charge in [0.25, 0.3) is 0 Å². The van der Waals surface area contributed by atoms with E-state index in [1.54, 1.807) is 41.5 Å². The summed E-state index contributed by atoms with van der Waals surface area (Å²) < 4.78 is 32.8. The number of sulfone groups is 1. The van der Waals surface area contributed by atoms with E-state index in [4.69, 9.17) is 9.47 Å². The van der Waals surface area contributed by atoms with Crippen molar-refractivity contribution in [1.82, 2.24) is 5.32 Å². The van der Waals surface area contributed by atoms with Crippen LogP contribution in [0.2, 0.25) is 0 Å². The fourth-order valence-corrected chi connectivity index (χ4v) is 2.05. The first kappa shape index (κ1) is 22.4. The minimum absolute atomic E-state index is 0.0336. The summed E-state index contributed by atoms with van der Waals surface area (Å²) in [5.74, 6) is -0.425. The summed E-state index contributed by atoms with van der Waals surface area (Å²) in [6, 6.07) is -0.665. The standard InChI is InChI=1S/C16H29NO6S/c1-15(2,3)22-13(18)9-8-12(10-11-24(7,20)21)17-14(19)23-16(4,5)6/h10-12H,8-9H2,1-7H3,(H,17,19)/t12-/m0/s1. The van der Waals surface area contributed by atoms with Gasteiger partial charge < -0.3 is 14.8 Å². The van der Waals surface area contributed by atoms with Gasteiger partial charge in [0.2, 0.25) is 0 Å². The van der Waals surface area contributed by atoms with Crippen LogP contribution in [0.25, 0.3) is 0 Å². The predicted octanol–water partition coefficient (Wildman–Crippen LogP) is 2.56. The number of amides is 1. The fraction of sp³-hybridized carbons (Fsp3) is 0.750. The number of hydrogen-bond donors (Lipinski definition) is 1. The van der Waals surface area contributed by atoms with Crippen molar-refractivity contribution in [2.45, 2.75) is 71.6 Å². The molecule has 0 unspecified atom stereocenters. The van der Waals surface area contributed by atoms with Gasteiger partial charge in [0.05, 0.1) is 6.04 Å². The maximum absolute atomic E-state index is 11.8. The molecule has 0 saturated heterocycles. The Morgan fingerprint density at radius 2 is 1.54 bits per heavy atom. The molecule has 0 fully saturated rings. The van der Waals surface area contributed by atoms with Gasteiger partial charge in [0.15, 0.2) is 9.84 Å². The zero-order chi connectivity index (χ0) is 19.2. The number of carbonyl (C=O) groups excluding carboxylic acids is 2. The van der Waals surface area contributed by atoms with Crippen LogP contribution in [0.15, 0.2) is 11.5 Å². The Bertz CT molecular complexity index is 566. The minimum Gasteiger partial charge on any atom is -0.460 e. The van der Waals surface area contributed by atoms with E-state index < -0.39 is 39.1 Å². The number of nitrogens with one attached hydrogen (secondary N) is 1. The monoisotopic (exact) mass is 363 g/mol. The van der Waals surface area contributed by atoms with Crippen molar-refractivity contribution < 1.29 is 27.5 Å². The van der Waals surface area contributed by atoms with Crippen molar-refractivity contribution in [1.29, 1.82) is 0 Å². The molecule has 8 heteroatoms. The molecule has 0 aromatic rings. The van der Waals surface area contributed by atoms with Crippen LogP contribution in [-0.4, -0.2) is 44.0 Å². The SMILES string of the molecule is CC(C)(C)OC(=O)CC[C@@H](C=CS(C)(=O)=O)NC(=O)OC(C)(C)C. The summed E-state index contributed by atoms with van der Waals surface area (Å²) in [5, 5.41) is 3.53. The van der Waals surface area contributed by atoms with Gasteiger partial charge in [-0.05, 0) is 48.0 Å². The highest BCUT2D eigenvalue weighted by atomic mass is 32.2. The normalized spacial score (nSPS) is 14.3. The maximum Gasteiger partial charge on any atom is 0.408 e. The van der Waals surface area contributed by atoms with Gasteiger partial charge in [0.1, 0.15) is 11.2 Å². The average Bonchev–Trinajstić information content (AvgIpc) is 2.26. The highest BCUT2D eigenvalue weighted by Gasteiger charge is 2.21. The van der Waals surface area contributed by atoms with E-state index in [1.165, 1.54) is 6.08 Å². The van der Waals surface area contributed by atoms with Gasteiger partial charge in [-0.2, -0.15) is 0 Å². The lowest BCUT2D eigenvalue weighted by molar-refractivity contribution is -0.155. The Labute approximate surface area is 144 Å². The second kappa shape index (κ2) is 8.50. The molecule has 0 saturated carbocycles. The molecule has 1 amide bonds. The first-order chi connectivity index (χ1) is 10.6. The molecule has 0 heterocycles. The fourth-order valence-electron chi connectivity index (χ4n) is 1.58. The van der Waals surface area contributed by atoms with E-state index in [0.29, 0.717) is 0 Å². The number of hydrogen-bond acceptors (Lipinski definition) is 6. The molecule has 140 valence electrons. The Morgan fingerprint density at radius 3 is 1.96 bits per heavy atom. The lowest BCUT2D eigenvalue weighted by Gasteiger charge is -2.23. The molecule has 0 bridgehead atoms. The van der Waals surface area contributed by atoms with E-state index in [0.717, 1.165) is 11.7 Å². The van der Waals surface area contributed by atoms with Crippen LogP contribution >= 0.6 is 0 Å². The molecular weight excluding hydrogens is 334 g/mol. The molecule has 0 aliphatic heterocycles. The second-order valence-electron chi connectivity index (χ2n) is 7.54. The Hall–Kier alpha value is -1.57. The predicted molar refractivity (Wildman–Crippen MR) is 92.2 cm³/mol. The highest BCUT2D eigenvalue weighted by molar-refractivity contribution is 7.93. The molecule has 7 nitrogen and oxygen atoms in total. The highest BCUT2D eigenvalue weighted by Crippen LogP contribution is 2.12. The Kier molecular flexibility index (Phi) is 7.95. The number of esters is 1. The van der Waals surface area contributed by atoms with Crippen molar-refractivity contribution >= 4 is 21.9 Å². The molecule has 0 aromatic carbocycles. The number of carbonyl (C=O) groups is 2. The van der Waals surface area contributed by atoms with Crippen molar-refractivity contribution in [2.24, 2.45) is 0 Å². The molecule has 24 heavy (non-hydrogen) atoms. The summed E-state index contributed by atoms with van der Waals surface area (Å²) >= 11 is 0. The van der Waals surface area contributed by atoms with E-state index in [1.807, 2.05) is 0 Å². The summed E-state index contributed by atoms with van der Waals surface area (Å²) in [5.41, 5.74) is -1.28. The molecule has 1 N–H and O–H groups in total. The first-order valence-corrected chi connectivity index (χ1v) is 9.62. The molecule has 0 aromatic heterocycles. The van der Waals surface area contributed by atoms with Gasteiger partial charge in [-0.3, -0.25) is 4.79 Å². The number of rotatable bonds is 6. The second-order valence-corrected chi connectivity index (χ2v) is 9.47. The summed E-state index contributed by atoms with van der Waals surface area (Å²) in [7, 11) is -3.35. The van der Waals surface area contributed by atoms with E-state index in [2.05, 4.69) is 5.32 Å². The first-order valence-electron chi connectivity index (χ1n) is 7.67. The Balaban J connectivity index is 4.86. The van der Waals surface area contributed by atoms with Crippen LogP contribution in [0.5, 0.6) is 0 Å². The van der Waals surface area contributed by atoms with Crippen LogP contribution in [0, 0.1) is 0 Å². The topological polar surface area (TPSA) is 98.8 Å². The van der Waals surface area contributed by atoms with Crippen LogP contribution in [-0.2, 0) is 24.1 Å². The summed E-state index contributed by atoms with van der Waals surface area (Å²) in [6.45, 7) is 10.4. The van der Waals surface area contributed by atoms with Gasteiger partial charge in [-0.1, -0.05) is 6.08 Å². The molecule has 0 spiro atoms.